The number of hydrogen-bond donors (Lipinski definition) is 0. The van der Waals surface area contributed by atoms with E-state index in [9.17, 15) is 9.59 Å². The first kappa shape index (κ1) is 20.1. The van der Waals surface area contributed by atoms with Crippen molar-refractivity contribution in [2.45, 2.75) is 64.2 Å². The molecule has 0 amide bonds. The van der Waals surface area contributed by atoms with E-state index in [0.29, 0.717) is 11.5 Å². The third-order valence-corrected chi connectivity index (χ3v) is 5.54. The fourth-order valence-corrected chi connectivity index (χ4v) is 4.27. The van der Waals surface area contributed by atoms with Crippen molar-refractivity contribution in [2.75, 3.05) is 0 Å². The molecule has 1 aliphatic rings. The van der Waals surface area contributed by atoms with Crippen molar-refractivity contribution < 1.29 is 19.1 Å². The molecule has 0 spiro atoms. The van der Waals surface area contributed by atoms with Crippen LogP contribution in [0.15, 0.2) is 48.5 Å². The van der Waals surface area contributed by atoms with E-state index in [2.05, 4.69) is 24.3 Å². The normalized spacial score (nSPS) is 16.5. The van der Waals surface area contributed by atoms with Crippen LogP contribution in [0, 0.1) is 0 Å². The molecule has 28 heavy (non-hydrogen) atoms. The third kappa shape index (κ3) is 4.80. The lowest BCUT2D eigenvalue weighted by atomic mass is 9.67. The van der Waals surface area contributed by atoms with Gasteiger partial charge < -0.3 is 9.47 Å². The molecule has 1 saturated carbocycles. The standard InChI is InChI=1S/C24H28O4/c1-18(25)27-22-12-8-20(9-13-22)24(16-6-4-3-5-7-17-24)21-10-14-23(15-11-21)28-19(2)26/h8-15H,3-7,16-17H2,1-2H3. The molecule has 4 heteroatoms. The van der Waals surface area contributed by atoms with Gasteiger partial charge in [0.25, 0.3) is 0 Å². The average molecular weight is 380 g/mol. The minimum atomic E-state index is -0.311. The maximum atomic E-state index is 11.2. The van der Waals surface area contributed by atoms with Crippen molar-refractivity contribution in [1.82, 2.24) is 0 Å². The molecule has 4 nitrogen and oxygen atoms in total. The Bertz CT molecular complexity index is 736. The summed E-state index contributed by atoms with van der Waals surface area (Å²) in [6, 6.07) is 15.9. The number of ether oxygens (including phenoxy) is 2. The third-order valence-electron chi connectivity index (χ3n) is 5.54. The van der Waals surface area contributed by atoms with Crippen LogP contribution in [0.2, 0.25) is 0 Å². The highest BCUT2D eigenvalue weighted by Crippen LogP contribution is 2.44. The summed E-state index contributed by atoms with van der Waals surface area (Å²) in [5.41, 5.74) is 2.40. The molecule has 148 valence electrons. The highest BCUT2D eigenvalue weighted by Gasteiger charge is 2.34. The Hall–Kier alpha value is -2.62. The van der Waals surface area contributed by atoms with E-state index >= 15 is 0 Å². The summed E-state index contributed by atoms with van der Waals surface area (Å²) in [5, 5.41) is 0. The summed E-state index contributed by atoms with van der Waals surface area (Å²) < 4.78 is 10.4. The zero-order valence-electron chi connectivity index (χ0n) is 16.7. The summed E-state index contributed by atoms with van der Waals surface area (Å²) in [5.74, 6) is 0.522. The van der Waals surface area contributed by atoms with E-state index in [-0.39, 0.29) is 17.4 Å². The smallest absolute Gasteiger partial charge is 0.308 e. The SMILES string of the molecule is CC(=O)Oc1ccc(C2(c3ccc(OC(C)=O)cc3)CCCCCCC2)cc1. The lowest BCUT2D eigenvalue weighted by molar-refractivity contribution is -0.132. The number of rotatable bonds is 4. The molecule has 0 heterocycles. The highest BCUT2D eigenvalue weighted by atomic mass is 16.5. The van der Waals surface area contributed by atoms with Crippen molar-refractivity contribution in [3.8, 4) is 11.5 Å². The fraction of sp³-hybridized carbons (Fsp3) is 0.417. The van der Waals surface area contributed by atoms with Crippen LogP contribution in [-0.2, 0) is 15.0 Å². The van der Waals surface area contributed by atoms with E-state index in [0.717, 1.165) is 12.8 Å². The van der Waals surface area contributed by atoms with Gasteiger partial charge in [-0.3, -0.25) is 9.59 Å². The van der Waals surface area contributed by atoms with E-state index in [1.807, 2.05) is 24.3 Å². The maximum Gasteiger partial charge on any atom is 0.308 e. The van der Waals surface area contributed by atoms with Crippen molar-refractivity contribution in [2.24, 2.45) is 0 Å². The molecule has 3 rings (SSSR count). The van der Waals surface area contributed by atoms with Gasteiger partial charge in [0.15, 0.2) is 0 Å². The van der Waals surface area contributed by atoms with Gasteiger partial charge in [-0.05, 0) is 48.2 Å². The van der Waals surface area contributed by atoms with Gasteiger partial charge >= 0.3 is 11.9 Å². The second kappa shape index (κ2) is 9.05. The van der Waals surface area contributed by atoms with E-state index in [1.165, 1.54) is 57.1 Å². The van der Waals surface area contributed by atoms with Gasteiger partial charge in [0, 0.05) is 19.3 Å². The van der Waals surface area contributed by atoms with Crippen LogP contribution in [0.25, 0.3) is 0 Å². The van der Waals surface area contributed by atoms with Gasteiger partial charge in [0.05, 0.1) is 0 Å². The molecule has 2 aromatic carbocycles. The van der Waals surface area contributed by atoms with Crippen LogP contribution in [0.1, 0.15) is 69.9 Å². The van der Waals surface area contributed by atoms with E-state index in [1.54, 1.807) is 0 Å². The molecule has 2 aromatic rings. The monoisotopic (exact) mass is 380 g/mol. The van der Waals surface area contributed by atoms with Crippen LogP contribution in [0.3, 0.4) is 0 Å². The second-order valence-corrected chi connectivity index (χ2v) is 7.59. The molecule has 0 bridgehead atoms. The Balaban J connectivity index is 1.97. The Morgan fingerprint density at radius 1 is 0.643 bits per heavy atom. The van der Waals surface area contributed by atoms with Gasteiger partial charge in [0.1, 0.15) is 11.5 Å². The number of hydrogen-bond acceptors (Lipinski definition) is 4. The first-order valence-electron chi connectivity index (χ1n) is 10.1. The van der Waals surface area contributed by atoms with Crippen LogP contribution < -0.4 is 9.47 Å². The van der Waals surface area contributed by atoms with Crippen molar-refractivity contribution in [3.63, 3.8) is 0 Å². The Morgan fingerprint density at radius 2 is 1.00 bits per heavy atom. The van der Waals surface area contributed by atoms with Crippen molar-refractivity contribution >= 4 is 11.9 Å². The summed E-state index contributed by atoms with van der Waals surface area (Å²) in [6.07, 6.45) is 8.30. The fourth-order valence-electron chi connectivity index (χ4n) is 4.27. The number of carbonyl (C=O) groups excluding carboxylic acids is 2. The largest absolute Gasteiger partial charge is 0.427 e. The summed E-state index contributed by atoms with van der Waals surface area (Å²) in [4.78, 5) is 22.4. The zero-order valence-corrected chi connectivity index (χ0v) is 16.7. The minimum absolute atomic E-state index is 0.0794. The van der Waals surface area contributed by atoms with Gasteiger partial charge in [-0.1, -0.05) is 56.4 Å². The summed E-state index contributed by atoms with van der Waals surface area (Å²) in [7, 11) is 0. The molecule has 1 fully saturated rings. The number of benzene rings is 2. The molecule has 0 unspecified atom stereocenters. The summed E-state index contributed by atoms with van der Waals surface area (Å²) in [6.45, 7) is 2.82. The van der Waals surface area contributed by atoms with Crippen LogP contribution >= 0.6 is 0 Å². The Morgan fingerprint density at radius 3 is 1.36 bits per heavy atom. The molecule has 0 N–H and O–H groups in total. The van der Waals surface area contributed by atoms with E-state index in [4.69, 9.17) is 9.47 Å². The molecule has 0 radical (unpaired) electrons. The molecular formula is C24H28O4. The quantitative estimate of drug-likeness (QED) is 0.514. The number of esters is 2. The molecule has 0 aromatic heterocycles. The second-order valence-electron chi connectivity index (χ2n) is 7.59. The van der Waals surface area contributed by atoms with Crippen molar-refractivity contribution in [3.05, 3.63) is 59.7 Å². The molecule has 0 aliphatic heterocycles. The maximum absolute atomic E-state index is 11.2. The van der Waals surface area contributed by atoms with Gasteiger partial charge in [0.2, 0.25) is 0 Å². The van der Waals surface area contributed by atoms with Crippen LogP contribution in [0.4, 0.5) is 0 Å². The summed E-state index contributed by atoms with van der Waals surface area (Å²) >= 11 is 0. The van der Waals surface area contributed by atoms with Crippen LogP contribution in [-0.4, -0.2) is 11.9 Å². The molecule has 0 atom stereocenters. The van der Waals surface area contributed by atoms with Gasteiger partial charge in [-0.2, -0.15) is 0 Å². The van der Waals surface area contributed by atoms with Gasteiger partial charge in [-0.15, -0.1) is 0 Å². The molecule has 1 aliphatic carbocycles. The first-order chi connectivity index (χ1) is 13.5. The highest BCUT2D eigenvalue weighted by molar-refractivity contribution is 5.69. The van der Waals surface area contributed by atoms with E-state index < -0.39 is 0 Å². The average Bonchev–Trinajstić information content (AvgIpc) is 2.63. The molecule has 0 saturated heterocycles. The first-order valence-corrected chi connectivity index (χ1v) is 10.1. The number of carbonyl (C=O) groups is 2. The van der Waals surface area contributed by atoms with Crippen LogP contribution in [0.5, 0.6) is 11.5 Å². The zero-order chi connectivity index (χ0) is 20.0. The lowest BCUT2D eigenvalue weighted by Crippen LogP contribution is -2.29. The Kier molecular flexibility index (Phi) is 6.50. The predicted molar refractivity (Wildman–Crippen MR) is 109 cm³/mol. The predicted octanol–water partition coefficient (Wildman–Crippen LogP) is 5.57. The van der Waals surface area contributed by atoms with Gasteiger partial charge in [-0.25, -0.2) is 0 Å². The lowest BCUT2D eigenvalue weighted by Gasteiger charge is -2.37. The topological polar surface area (TPSA) is 52.6 Å². The van der Waals surface area contributed by atoms with Crippen molar-refractivity contribution in [1.29, 1.82) is 0 Å². The Labute approximate surface area is 166 Å². The molecular weight excluding hydrogens is 352 g/mol. The minimum Gasteiger partial charge on any atom is -0.427 e.